The molecule has 0 unspecified atom stereocenters. The average molecular weight is 506 g/mol. The normalized spacial score (nSPS) is 14.9. The Balaban J connectivity index is 1.34. The first-order valence-electron chi connectivity index (χ1n) is 12.2. The van der Waals surface area contributed by atoms with Gasteiger partial charge in [-0.25, -0.2) is 4.79 Å². The van der Waals surface area contributed by atoms with Gasteiger partial charge < -0.3 is 15.0 Å². The quantitative estimate of drug-likeness (QED) is 0.384. The van der Waals surface area contributed by atoms with Crippen molar-refractivity contribution >= 4 is 29.1 Å². The molecule has 188 valence electrons. The first kappa shape index (κ1) is 25.9. The van der Waals surface area contributed by atoms with Crippen molar-refractivity contribution in [1.29, 1.82) is 0 Å². The highest BCUT2D eigenvalue weighted by molar-refractivity contribution is 6.30. The van der Waals surface area contributed by atoms with Crippen LogP contribution in [-0.4, -0.2) is 54.3 Å². The zero-order chi connectivity index (χ0) is 25.5. The molecule has 1 saturated heterocycles. The van der Waals surface area contributed by atoms with Crippen molar-refractivity contribution in [1.82, 2.24) is 9.80 Å². The third kappa shape index (κ3) is 7.17. The summed E-state index contributed by atoms with van der Waals surface area (Å²) in [6.45, 7) is 7.57. The van der Waals surface area contributed by atoms with Crippen molar-refractivity contribution in [3.05, 3.63) is 100 Å². The van der Waals surface area contributed by atoms with E-state index in [-0.39, 0.29) is 17.9 Å². The Bertz CT molecular complexity index is 1190. The highest BCUT2D eigenvalue weighted by Crippen LogP contribution is 2.24. The summed E-state index contributed by atoms with van der Waals surface area (Å²) >= 11 is 6.12. The van der Waals surface area contributed by atoms with E-state index in [0.29, 0.717) is 36.0 Å². The Morgan fingerprint density at radius 1 is 0.972 bits per heavy atom. The average Bonchev–Trinajstić information content (AvgIpc) is 2.87. The third-order valence-corrected chi connectivity index (χ3v) is 6.63. The second-order valence-electron chi connectivity index (χ2n) is 9.20. The molecule has 0 spiro atoms. The van der Waals surface area contributed by atoms with Gasteiger partial charge in [-0.05, 0) is 49.2 Å². The number of hydrogen-bond donors (Lipinski definition) is 1. The van der Waals surface area contributed by atoms with Gasteiger partial charge in [0.25, 0.3) is 0 Å². The topological polar surface area (TPSA) is 61.9 Å². The molecule has 2 amide bonds. The molecule has 1 N–H and O–H groups in total. The SMILES string of the molecule is CC(=O)c1cccc(NC(=O)N2CCN(C[C@@H](OCc3cccc(C)c3)c3ccc(Cl)cc3)CC2)c1. The molecule has 0 radical (unpaired) electrons. The Morgan fingerprint density at radius 3 is 2.39 bits per heavy atom. The monoisotopic (exact) mass is 505 g/mol. The molecule has 1 aliphatic heterocycles. The molecule has 0 aliphatic carbocycles. The molecule has 1 fully saturated rings. The van der Waals surface area contributed by atoms with Gasteiger partial charge in [0, 0.05) is 49.0 Å². The van der Waals surface area contributed by atoms with E-state index in [1.165, 1.54) is 12.5 Å². The lowest BCUT2D eigenvalue weighted by molar-refractivity contribution is 0.00592. The van der Waals surface area contributed by atoms with E-state index in [1.54, 1.807) is 24.3 Å². The molecular formula is C29H32ClN3O3. The maximum atomic E-state index is 12.8. The number of benzene rings is 3. The summed E-state index contributed by atoms with van der Waals surface area (Å²) in [7, 11) is 0. The zero-order valence-corrected chi connectivity index (χ0v) is 21.5. The van der Waals surface area contributed by atoms with E-state index in [2.05, 4.69) is 35.3 Å². The van der Waals surface area contributed by atoms with Gasteiger partial charge in [-0.15, -0.1) is 0 Å². The minimum absolute atomic E-state index is 0.0282. The molecule has 0 aromatic heterocycles. The fraction of sp³-hybridized carbons (Fsp3) is 0.310. The van der Waals surface area contributed by atoms with Crippen molar-refractivity contribution < 1.29 is 14.3 Å². The fourth-order valence-corrected chi connectivity index (χ4v) is 4.44. The zero-order valence-electron chi connectivity index (χ0n) is 20.7. The van der Waals surface area contributed by atoms with Crippen LogP contribution in [0, 0.1) is 6.92 Å². The van der Waals surface area contributed by atoms with Crippen molar-refractivity contribution in [3.8, 4) is 0 Å². The van der Waals surface area contributed by atoms with Gasteiger partial charge in [-0.2, -0.15) is 0 Å². The van der Waals surface area contributed by atoms with Crippen molar-refractivity contribution in [2.75, 3.05) is 38.0 Å². The Hall–Kier alpha value is -3.19. The number of hydrogen-bond acceptors (Lipinski definition) is 4. The summed E-state index contributed by atoms with van der Waals surface area (Å²) in [5.41, 5.74) is 4.64. The Labute approximate surface area is 217 Å². The lowest BCUT2D eigenvalue weighted by Gasteiger charge is -2.36. The van der Waals surface area contributed by atoms with Crippen LogP contribution in [0.25, 0.3) is 0 Å². The summed E-state index contributed by atoms with van der Waals surface area (Å²) in [4.78, 5) is 28.6. The maximum absolute atomic E-state index is 12.8. The number of ketones is 1. The van der Waals surface area contributed by atoms with Crippen molar-refractivity contribution in [3.63, 3.8) is 0 Å². The molecule has 1 aliphatic rings. The van der Waals surface area contributed by atoms with E-state index >= 15 is 0 Å². The molecule has 1 heterocycles. The number of ether oxygens (including phenoxy) is 1. The van der Waals surface area contributed by atoms with Gasteiger partial charge in [0.1, 0.15) is 0 Å². The van der Waals surface area contributed by atoms with Gasteiger partial charge in [0.2, 0.25) is 0 Å². The van der Waals surface area contributed by atoms with Crippen molar-refractivity contribution in [2.45, 2.75) is 26.6 Å². The number of nitrogens with zero attached hydrogens (tertiary/aromatic N) is 2. The second-order valence-corrected chi connectivity index (χ2v) is 9.63. The maximum Gasteiger partial charge on any atom is 0.321 e. The van der Waals surface area contributed by atoms with E-state index in [4.69, 9.17) is 16.3 Å². The minimum Gasteiger partial charge on any atom is -0.368 e. The smallest absolute Gasteiger partial charge is 0.321 e. The van der Waals surface area contributed by atoms with E-state index < -0.39 is 0 Å². The van der Waals surface area contributed by atoms with Gasteiger partial charge in [-0.1, -0.05) is 65.7 Å². The molecule has 3 aromatic rings. The van der Waals surface area contributed by atoms with Crippen LogP contribution >= 0.6 is 11.6 Å². The highest BCUT2D eigenvalue weighted by atomic mass is 35.5. The van der Waals surface area contributed by atoms with E-state index in [0.717, 1.165) is 30.8 Å². The number of urea groups is 1. The first-order valence-corrected chi connectivity index (χ1v) is 12.6. The van der Waals surface area contributed by atoms with Crippen molar-refractivity contribution in [2.24, 2.45) is 0 Å². The Kier molecular flexibility index (Phi) is 8.75. The standard InChI is InChI=1S/C29H32ClN3O3/c1-21-5-3-6-23(17-21)20-36-28(24-9-11-26(30)12-10-24)19-32-13-15-33(16-14-32)29(35)31-27-8-4-7-25(18-27)22(2)34/h3-12,17-18,28H,13-16,19-20H2,1-2H3,(H,31,35)/t28-/m1/s1. The van der Waals surface area contributed by atoms with Gasteiger partial charge >= 0.3 is 6.03 Å². The number of carbonyl (C=O) groups excluding carboxylic acids is 2. The molecule has 0 saturated carbocycles. The summed E-state index contributed by atoms with van der Waals surface area (Å²) in [6.07, 6.45) is -0.113. The minimum atomic E-state index is -0.152. The number of rotatable bonds is 8. The van der Waals surface area contributed by atoms with E-state index in [1.807, 2.05) is 35.2 Å². The number of nitrogens with one attached hydrogen (secondary N) is 1. The van der Waals surface area contributed by atoms with Gasteiger partial charge in [0.15, 0.2) is 5.78 Å². The van der Waals surface area contributed by atoms with Crippen LogP contribution in [0.15, 0.2) is 72.8 Å². The lowest BCUT2D eigenvalue weighted by Crippen LogP contribution is -2.50. The fourth-order valence-electron chi connectivity index (χ4n) is 4.32. The first-order chi connectivity index (χ1) is 17.4. The summed E-state index contributed by atoms with van der Waals surface area (Å²) in [5, 5.41) is 3.61. The third-order valence-electron chi connectivity index (χ3n) is 6.38. The van der Waals surface area contributed by atoms with Gasteiger partial charge in [-0.3, -0.25) is 9.69 Å². The molecule has 6 nitrogen and oxygen atoms in total. The number of carbonyl (C=O) groups is 2. The van der Waals surface area contributed by atoms with Crippen LogP contribution in [0.2, 0.25) is 5.02 Å². The van der Waals surface area contributed by atoms with Gasteiger partial charge in [0.05, 0.1) is 12.7 Å². The van der Waals surface area contributed by atoms with Crippen LogP contribution in [0.4, 0.5) is 10.5 Å². The molecule has 4 rings (SSSR count). The highest BCUT2D eigenvalue weighted by Gasteiger charge is 2.24. The molecule has 36 heavy (non-hydrogen) atoms. The second kappa shape index (κ2) is 12.2. The number of amides is 2. The van der Waals surface area contributed by atoms with Crippen LogP contribution in [-0.2, 0) is 11.3 Å². The molecule has 3 aromatic carbocycles. The summed E-state index contributed by atoms with van der Waals surface area (Å²) in [6, 6.07) is 23.0. The number of Topliss-reactive ketones (excluding diaryl/α,β-unsaturated/α-hetero) is 1. The molecule has 1 atom stereocenters. The van der Waals surface area contributed by atoms with Crippen LogP contribution in [0.5, 0.6) is 0 Å². The van der Waals surface area contributed by atoms with E-state index in [9.17, 15) is 9.59 Å². The number of halogens is 1. The number of anilines is 1. The Morgan fingerprint density at radius 2 is 1.69 bits per heavy atom. The predicted octanol–water partition coefficient (Wildman–Crippen LogP) is 5.96. The number of piperazine rings is 1. The van der Waals surface area contributed by atoms with Crippen LogP contribution in [0.3, 0.4) is 0 Å². The molecule has 7 heteroatoms. The largest absolute Gasteiger partial charge is 0.368 e. The predicted molar refractivity (Wildman–Crippen MR) is 144 cm³/mol. The van der Waals surface area contributed by atoms with Crippen LogP contribution in [0.1, 0.15) is 40.1 Å². The molecule has 0 bridgehead atoms. The molecular weight excluding hydrogens is 474 g/mol. The summed E-state index contributed by atoms with van der Waals surface area (Å²) < 4.78 is 6.39. The number of aryl methyl sites for hydroxylation is 1. The lowest BCUT2D eigenvalue weighted by atomic mass is 10.1. The summed E-state index contributed by atoms with van der Waals surface area (Å²) in [5.74, 6) is -0.0282. The van der Waals surface area contributed by atoms with Crippen LogP contribution < -0.4 is 5.32 Å².